The second kappa shape index (κ2) is 8.67. The standard InChI is InChI=1S/C25H26N2O4S/c1-18-13-14-23(31-3)24(15-18)32(29,30)26(21-10-5-4-6-11-21)17-25(28)27-19(2)16-20-9-7-8-12-22(20)27/h4-15,19H,16-17H2,1-3H3/t19-/m0/s1. The number of para-hydroxylation sites is 2. The molecule has 1 heterocycles. The Kier molecular flexibility index (Phi) is 5.93. The minimum atomic E-state index is -4.08. The van der Waals surface area contributed by atoms with Crippen molar-refractivity contribution < 1.29 is 17.9 Å². The van der Waals surface area contributed by atoms with Gasteiger partial charge in [-0.2, -0.15) is 0 Å². The fourth-order valence-electron chi connectivity index (χ4n) is 4.16. The number of carbonyl (C=O) groups excluding carboxylic acids is 1. The normalized spacial score (nSPS) is 15.3. The van der Waals surface area contributed by atoms with Gasteiger partial charge in [0.15, 0.2) is 0 Å². The molecular formula is C25H26N2O4S. The van der Waals surface area contributed by atoms with E-state index in [2.05, 4.69) is 0 Å². The zero-order chi connectivity index (χ0) is 22.9. The molecule has 32 heavy (non-hydrogen) atoms. The summed E-state index contributed by atoms with van der Waals surface area (Å²) in [7, 11) is -2.64. The van der Waals surface area contributed by atoms with Crippen LogP contribution in [0.5, 0.6) is 5.75 Å². The van der Waals surface area contributed by atoms with Crippen molar-refractivity contribution in [3.8, 4) is 5.75 Å². The summed E-state index contributed by atoms with van der Waals surface area (Å²) in [5.41, 5.74) is 3.13. The third-order valence-corrected chi connectivity index (χ3v) is 7.48. The number of ether oxygens (including phenoxy) is 1. The topological polar surface area (TPSA) is 66.9 Å². The Morgan fingerprint density at radius 2 is 1.75 bits per heavy atom. The molecule has 0 unspecified atom stereocenters. The van der Waals surface area contributed by atoms with Crippen molar-refractivity contribution in [2.75, 3.05) is 22.9 Å². The van der Waals surface area contributed by atoms with E-state index in [0.717, 1.165) is 23.2 Å². The van der Waals surface area contributed by atoms with E-state index < -0.39 is 10.0 Å². The summed E-state index contributed by atoms with van der Waals surface area (Å²) in [5.74, 6) is -0.0367. The predicted octanol–water partition coefficient (Wildman–Crippen LogP) is 4.18. The first kappa shape index (κ1) is 21.9. The van der Waals surface area contributed by atoms with E-state index in [9.17, 15) is 13.2 Å². The Morgan fingerprint density at radius 3 is 2.47 bits per heavy atom. The summed E-state index contributed by atoms with van der Waals surface area (Å²) >= 11 is 0. The molecule has 0 saturated carbocycles. The van der Waals surface area contributed by atoms with Crippen LogP contribution in [0.2, 0.25) is 0 Å². The molecule has 4 rings (SSSR count). The maximum absolute atomic E-state index is 13.8. The van der Waals surface area contributed by atoms with Gasteiger partial charge in [-0.3, -0.25) is 9.10 Å². The third-order valence-electron chi connectivity index (χ3n) is 5.69. The van der Waals surface area contributed by atoms with Crippen molar-refractivity contribution in [2.45, 2.75) is 31.2 Å². The number of fused-ring (bicyclic) bond motifs is 1. The van der Waals surface area contributed by atoms with Gasteiger partial charge < -0.3 is 9.64 Å². The van der Waals surface area contributed by atoms with Crippen LogP contribution in [0.25, 0.3) is 0 Å². The van der Waals surface area contributed by atoms with E-state index in [0.29, 0.717) is 5.69 Å². The number of benzene rings is 3. The largest absolute Gasteiger partial charge is 0.495 e. The van der Waals surface area contributed by atoms with Crippen LogP contribution in [0.15, 0.2) is 77.7 Å². The highest BCUT2D eigenvalue weighted by atomic mass is 32.2. The lowest BCUT2D eigenvalue weighted by atomic mass is 10.1. The summed E-state index contributed by atoms with van der Waals surface area (Å²) in [4.78, 5) is 15.2. The monoisotopic (exact) mass is 450 g/mol. The van der Waals surface area contributed by atoms with Gasteiger partial charge in [0.2, 0.25) is 5.91 Å². The molecule has 0 aliphatic carbocycles. The van der Waals surface area contributed by atoms with Gasteiger partial charge in [-0.15, -0.1) is 0 Å². The first-order valence-electron chi connectivity index (χ1n) is 10.5. The summed E-state index contributed by atoms with van der Waals surface area (Å²) in [5, 5.41) is 0. The molecule has 166 valence electrons. The minimum Gasteiger partial charge on any atom is -0.495 e. The Morgan fingerprint density at radius 1 is 1.06 bits per heavy atom. The number of amides is 1. The molecule has 0 radical (unpaired) electrons. The van der Waals surface area contributed by atoms with Crippen LogP contribution in [0, 0.1) is 6.92 Å². The zero-order valence-corrected chi connectivity index (χ0v) is 19.2. The number of hydrogen-bond acceptors (Lipinski definition) is 4. The lowest BCUT2D eigenvalue weighted by Gasteiger charge is -2.29. The fourth-order valence-corrected chi connectivity index (χ4v) is 5.82. The first-order valence-corrected chi connectivity index (χ1v) is 11.9. The number of anilines is 2. The fraction of sp³-hybridized carbons (Fsp3) is 0.240. The van der Waals surface area contributed by atoms with E-state index in [4.69, 9.17) is 4.74 Å². The molecule has 0 N–H and O–H groups in total. The smallest absolute Gasteiger partial charge is 0.268 e. The summed E-state index contributed by atoms with van der Waals surface area (Å²) < 4.78 is 34.1. The van der Waals surface area contributed by atoms with Gasteiger partial charge in [0, 0.05) is 11.7 Å². The van der Waals surface area contributed by atoms with Crippen LogP contribution in [0.3, 0.4) is 0 Å². The molecule has 6 nitrogen and oxygen atoms in total. The quantitative estimate of drug-likeness (QED) is 0.565. The number of methoxy groups -OCH3 is 1. The van der Waals surface area contributed by atoms with Crippen LogP contribution in [-0.2, 0) is 21.2 Å². The molecule has 1 atom stereocenters. The van der Waals surface area contributed by atoms with Crippen LogP contribution in [-0.4, -0.2) is 34.0 Å². The van der Waals surface area contributed by atoms with Crippen LogP contribution < -0.4 is 13.9 Å². The second-order valence-corrected chi connectivity index (χ2v) is 9.78. The van der Waals surface area contributed by atoms with Gasteiger partial charge in [-0.1, -0.05) is 42.5 Å². The van der Waals surface area contributed by atoms with E-state index in [-0.39, 0.29) is 29.1 Å². The van der Waals surface area contributed by atoms with Crippen molar-refractivity contribution >= 4 is 27.3 Å². The number of carbonyl (C=O) groups is 1. The number of aryl methyl sites for hydroxylation is 1. The Labute approximate surface area is 189 Å². The number of hydrogen-bond donors (Lipinski definition) is 0. The molecule has 1 aliphatic heterocycles. The predicted molar refractivity (Wildman–Crippen MR) is 126 cm³/mol. The number of sulfonamides is 1. The summed E-state index contributed by atoms with van der Waals surface area (Å²) in [6.07, 6.45) is 0.742. The highest BCUT2D eigenvalue weighted by Gasteiger charge is 2.35. The van der Waals surface area contributed by atoms with Crippen LogP contribution in [0.1, 0.15) is 18.1 Å². The summed E-state index contributed by atoms with van der Waals surface area (Å²) in [6, 6.07) is 21.4. The average molecular weight is 451 g/mol. The first-order chi connectivity index (χ1) is 15.3. The molecule has 0 aromatic heterocycles. The van der Waals surface area contributed by atoms with E-state index in [1.54, 1.807) is 47.4 Å². The molecule has 0 bridgehead atoms. The maximum Gasteiger partial charge on any atom is 0.268 e. The highest BCUT2D eigenvalue weighted by Crippen LogP contribution is 2.34. The Bertz CT molecular complexity index is 1240. The summed E-state index contributed by atoms with van der Waals surface area (Å²) in [6.45, 7) is 3.48. The molecule has 1 aliphatic rings. The lowest BCUT2D eigenvalue weighted by Crippen LogP contribution is -2.45. The van der Waals surface area contributed by atoms with E-state index in [1.807, 2.05) is 44.2 Å². The van der Waals surface area contributed by atoms with Crippen molar-refractivity contribution in [1.82, 2.24) is 0 Å². The number of rotatable bonds is 6. The maximum atomic E-state index is 13.8. The lowest BCUT2D eigenvalue weighted by molar-refractivity contribution is -0.117. The van der Waals surface area contributed by atoms with E-state index in [1.165, 1.54) is 11.4 Å². The van der Waals surface area contributed by atoms with Gasteiger partial charge >= 0.3 is 0 Å². The Balaban J connectivity index is 1.76. The molecule has 0 fully saturated rings. The molecule has 1 amide bonds. The highest BCUT2D eigenvalue weighted by molar-refractivity contribution is 7.93. The molecule has 3 aromatic rings. The van der Waals surface area contributed by atoms with Crippen LogP contribution >= 0.6 is 0 Å². The zero-order valence-electron chi connectivity index (χ0n) is 18.4. The molecule has 0 saturated heterocycles. The minimum absolute atomic E-state index is 0.0338. The third kappa shape index (κ3) is 3.96. The van der Waals surface area contributed by atoms with Gasteiger partial charge in [-0.25, -0.2) is 8.42 Å². The van der Waals surface area contributed by atoms with Gasteiger partial charge in [0.05, 0.1) is 12.8 Å². The van der Waals surface area contributed by atoms with Crippen molar-refractivity contribution in [1.29, 1.82) is 0 Å². The molecule has 7 heteroatoms. The van der Waals surface area contributed by atoms with E-state index >= 15 is 0 Å². The molecule has 3 aromatic carbocycles. The number of nitrogens with zero attached hydrogens (tertiary/aromatic N) is 2. The average Bonchev–Trinajstić information content (AvgIpc) is 3.13. The van der Waals surface area contributed by atoms with Crippen LogP contribution in [0.4, 0.5) is 11.4 Å². The van der Waals surface area contributed by atoms with Gasteiger partial charge in [-0.05, 0) is 61.7 Å². The molecule has 0 spiro atoms. The molecular weight excluding hydrogens is 424 g/mol. The second-order valence-electron chi connectivity index (χ2n) is 7.95. The van der Waals surface area contributed by atoms with Crippen molar-refractivity contribution in [3.63, 3.8) is 0 Å². The SMILES string of the molecule is COc1ccc(C)cc1S(=O)(=O)N(CC(=O)N1c2ccccc2C[C@@H]1C)c1ccccc1. The van der Waals surface area contributed by atoms with Crippen molar-refractivity contribution in [2.24, 2.45) is 0 Å². The van der Waals surface area contributed by atoms with Gasteiger partial charge in [0.25, 0.3) is 10.0 Å². The Hall–Kier alpha value is -3.32. The van der Waals surface area contributed by atoms with Crippen molar-refractivity contribution in [3.05, 3.63) is 83.9 Å². The van der Waals surface area contributed by atoms with Gasteiger partial charge in [0.1, 0.15) is 17.2 Å².